The summed E-state index contributed by atoms with van der Waals surface area (Å²) >= 11 is 0. The van der Waals surface area contributed by atoms with Crippen molar-refractivity contribution in [2.24, 2.45) is 0 Å². The maximum absolute atomic E-state index is 11.9. The number of hydrogen-bond acceptors (Lipinski definition) is 4. The number of rotatable bonds is 9. The van der Waals surface area contributed by atoms with Crippen molar-refractivity contribution in [2.75, 3.05) is 27.3 Å². The maximum Gasteiger partial charge on any atom is 0.224 e. The number of carbonyl (C=O) groups is 1. The lowest BCUT2D eigenvalue weighted by molar-refractivity contribution is -0.120. The van der Waals surface area contributed by atoms with Crippen molar-refractivity contribution in [1.82, 2.24) is 10.6 Å². The highest BCUT2D eigenvalue weighted by molar-refractivity contribution is 5.78. The number of methoxy groups -OCH3 is 2. The first-order valence-electron chi connectivity index (χ1n) is 7.44. The fraction of sp³-hybridized carbons (Fsp3) is 0.562. The van der Waals surface area contributed by atoms with Crippen molar-refractivity contribution >= 4 is 5.91 Å². The molecule has 1 aromatic rings. The molecule has 1 saturated carbocycles. The van der Waals surface area contributed by atoms with E-state index in [2.05, 4.69) is 10.6 Å². The van der Waals surface area contributed by atoms with E-state index in [0.717, 1.165) is 24.6 Å². The first-order valence-corrected chi connectivity index (χ1v) is 7.44. The minimum absolute atomic E-state index is 0.0358. The predicted octanol–water partition coefficient (Wildman–Crippen LogP) is 1.50. The highest BCUT2D eigenvalue weighted by Crippen LogP contribution is 2.27. The van der Waals surface area contributed by atoms with Gasteiger partial charge < -0.3 is 20.1 Å². The minimum atomic E-state index is 0.0358. The van der Waals surface area contributed by atoms with E-state index in [1.807, 2.05) is 18.2 Å². The van der Waals surface area contributed by atoms with Crippen LogP contribution in [0, 0.1) is 0 Å². The lowest BCUT2D eigenvalue weighted by Crippen LogP contribution is -2.29. The molecule has 2 N–H and O–H groups in total. The molecule has 0 aliphatic heterocycles. The molecular weight excluding hydrogens is 268 g/mol. The Balaban J connectivity index is 1.70. The van der Waals surface area contributed by atoms with Gasteiger partial charge >= 0.3 is 0 Å². The summed E-state index contributed by atoms with van der Waals surface area (Å²) in [4.78, 5) is 11.9. The second-order valence-electron chi connectivity index (χ2n) is 5.30. The molecule has 116 valence electrons. The first kappa shape index (κ1) is 15.6. The van der Waals surface area contributed by atoms with Crippen molar-refractivity contribution in [3.63, 3.8) is 0 Å². The molecule has 0 unspecified atom stereocenters. The van der Waals surface area contributed by atoms with Crippen LogP contribution in [-0.2, 0) is 11.2 Å². The molecule has 1 fully saturated rings. The normalized spacial score (nSPS) is 13.8. The lowest BCUT2D eigenvalue weighted by atomic mass is 10.1. The summed E-state index contributed by atoms with van der Waals surface area (Å²) in [5.41, 5.74) is 0.918. The largest absolute Gasteiger partial charge is 0.493 e. The average Bonchev–Trinajstić information content (AvgIpc) is 3.31. The Kier molecular flexibility index (Phi) is 5.87. The SMILES string of the molecule is COc1ccc(CC(=O)NCCCNC2CC2)cc1OC. The molecule has 0 aromatic heterocycles. The van der Waals surface area contributed by atoms with Gasteiger partial charge in [0.2, 0.25) is 5.91 Å². The molecule has 0 spiro atoms. The van der Waals surface area contributed by atoms with E-state index >= 15 is 0 Å². The Morgan fingerprint density at radius 2 is 1.95 bits per heavy atom. The molecule has 2 rings (SSSR count). The third-order valence-corrected chi connectivity index (χ3v) is 3.50. The van der Waals surface area contributed by atoms with E-state index in [-0.39, 0.29) is 5.91 Å². The monoisotopic (exact) mass is 292 g/mol. The van der Waals surface area contributed by atoms with Crippen LogP contribution in [0.4, 0.5) is 0 Å². The molecule has 1 amide bonds. The van der Waals surface area contributed by atoms with Crippen LogP contribution < -0.4 is 20.1 Å². The van der Waals surface area contributed by atoms with E-state index in [1.165, 1.54) is 12.8 Å². The van der Waals surface area contributed by atoms with Gasteiger partial charge in [-0.15, -0.1) is 0 Å². The molecule has 1 aliphatic rings. The second-order valence-corrected chi connectivity index (χ2v) is 5.30. The van der Waals surface area contributed by atoms with Gasteiger partial charge in [0.1, 0.15) is 0 Å². The van der Waals surface area contributed by atoms with E-state index in [0.29, 0.717) is 24.5 Å². The zero-order valence-electron chi connectivity index (χ0n) is 12.8. The molecule has 0 radical (unpaired) electrons. The second kappa shape index (κ2) is 7.88. The highest BCUT2D eigenvalue weighted by atomic mass is 16.5. The Bertz CT molecular complexity index is 473. The van der Waals surface area contributed by atoms with Gasteiger partial charge in [-0.25, -0.2) is 0 Å². The summed E-state index contributed by atoms with van der Waals surface area (Å²) in [6.07, 6.45) is 3.92. The molecule has 0 atom stereocenters. The summed E-state index contributed by atoms with van der Waals surface area (Å²) in [6, 6.07) is 6.27. The Hall–Kier alpha value is -1.75. The van der Waals surface area contributed by atoms with Gasteiger partial charge in [-0.2, -0.15) is 0 Å². The van der Waals surface area contributed by atoms with Crippen LogP contribution in [0.5, 0.6) is 11.5 Å². The minimum Gasteiger partial charge on any atom is -0.493 e. The van der Waals surface area contributed by atoms with Crippen molar-refractivity contribution in [3.05, 3.63) is 23.8 Å². The van der Waals surface area contributed by atoms with E-state index in [1.54, 1.807) is 14.2 Å². The third kappa shape index (κ3) is 5.27. The van der Waals surface area contributed by atoms with Gasteiger partial charge in [-0.05, 0) is 43.5 Å². The van der Waals surface area contributed by atoms with Crippen molar-refractivity contribution in [3.8, 4) is 11.5 Å². The quantitative estimate of drug-likeness (QED) is 0.677. The number of nitrogens with one attached hydrogen (secondary N) is 2. The van der Waals surface area contributed by atoms with E-state index in [4.69, 9.17) is 9.47 Å². The lowest BCUT2D eigenvalue weighted by Gasteiger charge is -2.10. The molecule has 0 bridgehead atoms. The van der Waals surface area contributed by atoms with Gasteiger partial charge in [-0.1, -0.05) is 6.07 Å². The van der Waals surface area contributed by atoms with E-state index < -0.39 is 0 Å². The number of ether oxygens (including phenoxy) is 2. The molecule has 1 aliphatic carbocycles. The first-order chi connectivity index (χ1) is 10.2. The molecule has 5 nitrogen and oxygen atoms in total. The standard InChI is InChI=1S/C16H24N2O3/c1-20-14-7-4-12(10-15(14)21-2)11-16(19)18-9-3-8-17-13-5-6-13/h4,7,10,13,17H,3,5-6,8-9,11H2,1-2H3,(H,18,19). The smallest absolute Gasteiger partial charge is 0.224 e. The fourth-order valence-electron chi connectivity index (χ4n) is 2.15. The Morgan fingerprint density at radius 1 is 1.19 bits per heavy atom. The number of carbonyl (C=O) groups excluding carboxylic acids is 1. The van der Waals surface area contributed by atoms with Gasteiger partial charge in [0.25, 0.3) is 0 Å². The zero-order chi connectivity index (χ0) is 15.1. The highest BCUT2D eigenvalue weighted by Gasteiger charge is 2.19. The van der Waals surface area contributed by atoms with Crippen LogP contribution in [0.15, 0.2) is 18.2 Å². The number of hydrogen-bond donors (Lipinski definition) is 2. The molecule has 0 heterocycles. The van der Waals surface area contributed by atoms with Gasteiger partial charge in [0.15, 0.2) is 11.5 Å². The summed E-state index contributed by atoms with van der Waals surface area (Å²) < 4.78 is 10.4. The number of benzene rings is 1. The van der Waals surface area contributed by atoms with Crippen molar-refractivity contribution < 1.29 is 14.3 Å². The zero-order valence-corrected chi connectivity index (χ0v) is 12.8. The van der Waals surface area contributed by atoms with Gasteiger partial charge in [0.05, 0.1) is 20.6 Å². The van der Waals surface area contributed by atoms with Crippen molar-refractivity contribution in [2.45, 2.75) is 31.7 Å². The van der Waals surface area contributed by atoms with Crippen LogP contribution in [0.1, 0.15) is 24.8 Å². The van der Waals surface area contributed by atoms with Crippen LogP contribution in [0.25, 0.3) is 0 Å². The summed E-state index contributed by atoms with van der Waals surface area (Å²) in [5, 5.41) is 6.37. The molecule has 1 aromatic carbocycles. The summed E-state index contributed by atoms with van der Waals surface area (Å²) in [6.45, 7) is 1.69. The molecule has 0 saturated heterocycles. The Labute approximate surface area is 126 Å². The Morgan fingerprint density at radius 3 is 2.62 bits per heavy atom. The maximum atomic E-state index is 11.9. The summed E-state index contributed by atoms with van der Waals surface area (Å²) in [5.74, 6) is 1.36. The topological polar surface area (TPSA) is 59.6 Å². The molecule has 21 heavy (non-hydrogen) atoms. The van der Waals surface area contributed by atoms with Crippen LogP contribution in [0.2, 0.25) is 0 Å². The van der Waals surface area contributed by atoms with E-state index in [9.17, 15) is 4.79 Å². The predicted molar refractivity (Wildman–Crippen MR) is 81.9 cm³/mol. The fourth-order valence-corrected chi connectivity index (χ4v) is 2.15. The van der Waals surface area contributed by atoms with Gasteiger partial charge in [0, 0.05) is 12.6 Å². The van der Waals surface area contributed by atoms with Gasteiger partial charge in [-0.3, -0.25) is 4.79 Å². The third-order valence-electron chi connectivity index (χ3n) is 3.50. The van der Waals surface area contributed by atoms with Crippen LogP contribution >= 0.6 is 0 Å². The summed E-state index contributed by atoms with van der Waals surface area (Å²) in [7, 11) is 3.19. The van der Waals surface area contributed by atoms with Crippen LogP contribution in [0.3, 0.4) is 0 Å². The molecular formula is C16H24N2O3. The van der Waals surface area contributed by atoms with Crippen molar-refractivity contribution in [1.29, 1.82) is 0 Å². The average molecular weight is 292 g/mol. The van der Waals surface area contributed by atoms with Crippen LogP contribution in [-0.4, -0.2) is 39.3 Å². The number of amides is 1. The molecule has 5 heteroatoms.